The minimum Gasteiger partial charge on any atom is -0.456 e. The average Bonchev–Trinajstić information content (AvgIpc) is 3.88. The Bertz CT molecular complexity index is 3320. The van der Waals surface area contributed by atoms with Crippen molar-refractivity contribution in [1.29, 1.82) is 0 Å². The van der Waals surface area contributed by atoms with Crippen LogP contribution in [0.3, 0.4) is 0 Å². The van der Waals surface area contributed by atoms with Gasteiger partial charge in [-0.05, 0) is 86.0 Å². The van der Waals surface area contributed by atoms with Crippen LogP contribution in [-0.4, -0.2) is 15.0 Å². The summed E-state index contributed by atoms with van der Waals surface area (Å²) >= 11 is 0. The zero-order valence-electron chi connectivity index (χ0n) is 33.6. The molecule has 0 N–H and O–H groups in total. The van der Waals surface area contributed by atoms with Crippen molar-refractivity contribution >= 4 is 21.9 Å². The molecule has 12 rings (SSSR count). The van der Waals surface area contributed by atoms with Gasteiger partial charge in [0.25, 0.3) is 0 Å². The largest absolute Gasteiger partial charge is 0.456 e. The SMILES string of the molecule is c1ccc(-c2cccc(-c3nc(-c4ccc(C5(c6ccc7oc8ccccc8c7c6)c6ccccc6-c6ccccc65)cc4)nc(-c4cccc(-c5ccccc5)c4)n3)c2)cc1. The predicted octanol–water partition coefficient (Wildman–Crippen LogP) is 14.5. The van der Waals surface area contributed by atoms with Crippen molar-refractivity contribution in [3.63, 3.8) is 0 Å². The molecule has 0 saturated carbocycles. The van der Waals surface area contributed by atoms with Gasteiger partial charge in [-0.3, -0.25) is 0 Å². The molecule has 4 heteroatoms. The number of nitrogens with zero attached hydrogens (tertiary/aromatic N) is 3. The van der Waals surface area contributed by atoms with Gasteiger partial charge in [0.15, 0.2) is 17.5 Å². The van der Waals surface area contributed by atoms with Crippen LogP contribution in [0, 0.1) is 0 Å². The number of hydrogen-bond acceptors (Lipinski definition) is 4. The first-order valence-corrected chi connectivity index (χ1v) is 21.0. The molecular formula is C58H37N3O. The topological polar surface area (TPSA) is 51.8 Å². The summed E-state index contributed by atoms with van der Waals surface area (Å²) in [5.41, 5.74) is 15.7. The highest BCUT2D eigenvalue weighted by Gasteiger charge is 2.46. The molecule has 4 nitrogen and oxygen atoms in total. The van der Waals surface area contributed by atoms with Gasteiger partial charge in [-0.2, -0.15) is 0 Å². The van der Waals surface area contributed by atoms with Gasteiger partial charge in [-0.15, -0.1) is 0 Å². The van der Waals surface area contributed by atoms with E-state index in [0.717, 1.165) is 66.4 Å². The standard InChI is InChI=1S/C58H37N3O/c1-3-15-38(16-4-1)41-19-13-21-43(35-41)56-59-55(60-57(61-56)44-22-14-20-42(36-44)39-17-5-2-6-18-39)40-29-31-45(32-30-40)58(51-26-10-7-23-47(51)48-24-8-11-27-52(48)58)46-33-34-54-50(37-46)49-25-9-12-28-53(49)62-54/h1-37H. The lowest BCUT2D eigenvalue weighted by Gasteiger charge is -2.34. The first kappa shape index (κ1) is 35.7. The molecule has 0 aliphatic heterocycles. The minimum absolute atomic E-state index is 0.594. The molecule has 0 amide bonds. The van der Waals surface area contributed by atoms with E-state index in [9.17, 15) is 0 Å². The van der Waals surface area contributed by atoms with Crippen molar-refractivity contribution in [2.45, 2.75) is 5.41 Å². The van der Waals surface area contributed by atoms with Crippen LogP contribution in [0.2, 0.25) is 0 Å². The van der Waals surface area contributed by atoms with Crippen LogP contribution in [-0.2, 0) is 5.41 Å². The maximum Gasteiger partial charge on any atom is 0.164 e. The number of benzene rings is 9. The van der Waals surface area contributed by atoms with Crippen LogP contribution in [0.4, 0.5) is 0 Å². The average molecular weight is 792 g/mol. The molecule has 0 atom stereocenters. The summed E-state index contributed by atoms with van der Waals surface area (Å²) in [5, 5.41) is 2.22. The maximum atomic E-state index is 6.33. The second-order valence-electron chi connectivity index (χ2n) is 15.9. The zero-order chi connectivity index (χ0) is 41.0. The van der Waals surface area contributed by atoms with Crippen LogP contribution in [0.15, 0.2) is 229 Å². The van der Waals surface area contributed by atoms with Gasteiger partial charge in [-0.1, -0.05) is 194 Å². The van der Waals surface area contributed by atoms with Crippen LogP contribution >= 0.6 is 0 Å². The molecule has 2 aromatic heterocycles. The minimum atomic E-state index is -0.594. The predicted molar refractivity (Wildman–Crippen MR) is 252 cm³/mol. The maximum absolute atomic E-state index is 6.33. The Hall–Kier alpha value is -8.21. The Morgan fingerprint density at radius 2 is 0.742 bits per heavy atom. The molecule has 0 unspecified atom stereocenters. The summed E-state index contributed by atoms with van der Waals surface area (Å²) < 4.78 is 6.33. The molecule has 0 bridgehead atoms. The van der Waals surface area contributed by atoms with E-state index in [1.807, 2.05) is 24.3 Å². The molecule has 290 valence electrons. The lowest BCUT2D eigenvalue weighted by molar-refractivity contribution is 0.668. The first-order chi connectivity index (χ1) is 30.7. The van der Waals surface area contributed by atoms with E-state index in [0.29, 0.717) is 17.5 Å². The third kappa shape index (κ3) is 5.80. The highest BCUT2D eigenvalue weighted by molar-refractivity contribution is 6.05. The zero-order valence-corrected chi connectivity index (χ0v) is 33.6. The molecule has 0 fully saturated rings. The smallest absolute Gasteiger partial charge is 0.164 e. The van der Waals surface area contributed by atoms with E-state index in [4.69, 9.17) is 19.4 Å². The van der Waals surface area contributed by atoms with Crippen LogP contribution in [0.5, 0.6) is 0 Å². The molecule has 1 aliphatic carbocycles. The highest BCUT2D eigenvalue weighted by Crippen LogP contribution is 2.56. The number of rotatable bonds is 7. The van der Waals surface area contributed by atoms with Crippen molar-refractivity contribution in [1.82, 2.24) is 15.0 Å². The summed E-state index contributed by atoms with van der Waals surface area (Å²) in [4.78, 5) is 15.6. The van der Waals surface area contributed by atoms with Gasteiger partial charge in [0.05, 0.1) is 5.41 Å². The second kappa shape index (κ2) is 14.5. The van der Waals surface area contributed by atoms with Crippen molar-refractivity contribution in [3.05, 3.63) is 247 Å². The van der Waals surface area contributed by atoms with Gasteiger partial charge < -0.3 is 4.42 Å². The van der Waals surface area contributed by atoms with E-state index in [-0.39, 0.29) is 0 Å². The van der Waals surface area contributed by atoms with Crippen LogP contribution in [0.1, 0.15) is 22.3 Å². The Morgan fingerprint density at radius 3 is 1.34 bits per heavy atom. The van der Waals surface area contributed by atoms with Gasteiger partial charge in [-0.25, -0.2) is 15.0 Å². The van der Waals surface area contributed by atoms with Gasteiger partial charge in [0.1, 0.15) is 11.2 Å². The third-order valence-electron chi connectivity index (χ3n) is 12.4. The van der Waals surface area contributed by atoms with Crippen molar-refractivity contribution < 1.29 is 4.42 Å². The molecule has 62 heavy (non-hydrogen) atoms. The Kier molecular flexibility index (Phi) is 8.36. The number of para-hydroxylation sites is 1. The molecular weight excluding hydrogens is 755 g/mol. The highest BCUT2D eigenvalue weighted by atomic mass is 16.3. The Labute approximate surface area is 359 Å². The number of fused-ring (bicyclic) bond motifs is 6. The fourth-order valence-corrected chi connectivity index (χ4v) is 9.55. The second-order valence-corrected chi connectivity index (χ2v) is 15.9. The van der Waals surface area contributed by atoms with Gasteiger partial charge >= 0.3 is 0 Å². The summed E-state index contributed by atoms with van der Waals surface area (Å²) in [6.45, 7) is 0. The van der Waals surface area contributed by atoms with Crippen LogP contribution in [0.25, 0.3) is 89.5 Å². The quantitative estimate of drug-likeness (QED) is 0.161. The summed E-state index contributed by atoms with van der Waals surface area (Å²) in [7, 11) is 0. The summed E-state index contributed by atoms with van der Waals surface area (Å²) in [6.07, 6.45) is 0. The summed E-state index contributed by atoms with van der Waals surface area (Å²) in [6, 6.07) is 79.4. The van der Waals surface area contributed by atoms with E-state index in [2.05, 4.69) is 200 Å². The lowest BCUT2D eigenvalue weighted by atomic mass is 9.67. The van der Waals surface area contributed by atoms with Crippen molar-refractivity contribution in [2.24, 2.45) is 0 Å². The molecule has 11 aromatic rings. The number of hydrogen-bond donors (Lipinski definition) is 0. The van der Waals surface area contributed by atoms with E-state index in [1.54, 1.807) is 0 Å². The molecule has 2 heterocycles. The third-order valence-corrected chi connectivity index (χ3v) is 12.4. The van der Waals surface area contributed by atoms with Gasteiger partial charge in [0.2, 0.25) is 0 Å². The number of furan rings is 1. The fraction of sp³-hybridized carbons (Fsp3) is 0.0172. The molecule has 0 spiro atoms. The molecule has 0 saturated heterocycles. The Balaban J connectivity index is 1.04. The van der Waals surface area contributed by atoms with E-state index >= 15 is 0 Å². The lowest BCUT2D eigenvalue weighted by Crippen LogP contribution is -2.28. The summed E-state index contributed by atoms with van der Waals surface area (Å²) in [5.74, 6) is 1.85. The normalized spacial score (nSPS) is 12.6. The molecule has 9 aromatic carbocycles. The number of aromatic nitrogens is 3. The van der Waals surface area contributed by atoms with Crippen molar-refractivity contribution in [3.8, 4) is 67.5 Å². The van der Waals surface area contributed by atoms with Crippen LogP contribution < -0.4 is 0 Å². The van der Waals surface area contributed by atoms with Gasteiger partial charge in [0, 0.05) is 27.5 Å². The van der Waals surface area contributed by atoms with Crippen molar-refractivity contribution in [2.75, 3.05) is 0 Å². The first-order valence-electron chi connectivity index (χ1n) is 21.0. The van der Waals surface area contributed by atoms with E-state index in [1.165, 1.54) is 27.8 Å². The monoisotopic (exact) mass is 791 g/mol. The fourth-order valence-electron chi connectivity index (χ4n) is 9.55. The Morgan fingerprint density at radius 1 is 0.290 bits per heavy atom. The molecule has 0 radical (unpaired) electrons. The van der Waals surface area contributed by atoms with E-state index < -0.39 is 5.41 Å². The molecule has 1 aliphatic rings.